The van der Waals surface area contributed by atoms with Crippen molar-refractivity contribution in [3.8, 4) is 5.75 Å². The Bertz CT molecular complexity index is 678. The number of aryl methyl sites for hydroxylation is 1. The van der Waals surface area contributed by atoms with E-state index in [-0.39, 0.29) is 5.82 Å². The minimum atomic E-state index is -0.967. The van der Waals surface area contributed by atoms with E-state index < -0.39 is 18.0 Å². The van der Waals surface area contributed by atoms with E-state index >= 15 is 0 Å². The molecule has 1 heterocycles. The van der Waals surface area contributed by atoms with Gasteiger partial charge in [0.1, 0.15) is 11.5 Å². The fourth-order valence-corrected chi connectivity index (χ4v) is 1.79. The molecule has 1 N–H and O–H groups in total. The molecule has 0 aliphatic carbocycles. The second-order valence-electron chi connectivity index (χ2n) is 4.82. The molecule has 0 bridgehead atoms. The van der Waals surface area contributed by atoms with Crippen LogP contribution in [0.3, 0.4) is 0 Å². The molecule has 1 atom stereocenters. The fourth-order valence-electron chi connectivity index (χ4n) is 1.79. The van der Waals surface area contributed by atoms with E-state index in [0.29, 0.717) is 23.7 Å². The fraction of sp³-hybridized carbons (Fsp3) is 0.312. The van der Waals surface area contributed by atoms with Gasteiger partial charge in [0, 0.05) is 6.07 Å². The molecular weight excluding hydrogens is 300 g/mol. The summed E-state index contributed by atoms with van der Waals surface area (Å²) in [5.74, 6) is 0.427. The Morgan fingerprint density at radius 1 is 1.30 bits per heavy atom. The van der Waals surface area contributed by atoms with Gasteiger partial charge < -0.3 is 19.3 Å². The van der Waals surface area contributed by atoms with Crippen molar-refractivity contribution >= 4 is 17.7 Å². The SMILES string of the molecule is CCOc1ccc(C(=O)O[C@H](C)C(=O)Nc2cc(C)on2)cc1. The molecule has 7 nitrogen and oxygen atoms in total. The van der Waals surface area contributed by atoms with Crippen molar-refractivity contribution in [1.29, 1.82) is 0 Å². The van der Waals surface area contributed by atoms with E-state index in [1.165, 1.54) is 6.92 Å². The molecule has 0 spiro atoms. The highest BCUT2D eigenvalue weighted by Crippen LogP contribution is 2.14. The lowest BCUT2D eigenvalue weighted by atomic mass is 10.2. The largest absolute Gasteiger partial charge is 0.494 e. The number of nitrogens with one attached hydrogen (secondary N) is 1. The molecule has 0 radical (unpaired) electrons. The van der Waals surface area contributed by atoms with Crippen LogP contribution >= 0.6 is 0 Å². The van der Waals surface area contributed by atoms with Crippen LogP contribution in [0.15, 0.2) is 34.9 Å². The van der Waals surface area contributed by atoms with Crippen LogP contribution in [0.4, 0.5) is 5.82 Å². The van der Waals surface area contributed by atoms with Crippen LogP contribution in [0, 0.1) is 6.92 Å². The van der Waals surface area contributed by atoms with Gasteiger partial charge in [-0.3, -0.25) is 4.79 Å². The smallest absolute Gasteiger partial charge is 0.338 e. The molecule has 0 aliphatic rings. The number of benzene rings is 1. The minimum absolute atomic E-state index is 0.275. The van der Waals surface area contributed by atoms with Crippen LogP contribution in [0.25, 0.3) is 0 Å². The van der Waals surface area contributed by atoms with Crippen LogP contribution in [0.2, 0.25) is 0 Å². The molecule has 0 aliphatic heterocycles. The lowest BCUT2D eigenvalue weighted by molar-refractivity contribution is -0.123. The zero-order valence-corrected chi connectivity index (χ0v) is 13.2. The Kier molecular flexibility index (Phi) is 5.35. The number of nitrogens with zero attached hydrogens (tertiary/aromatic N) is 1. The van der Waals surface area contributed by atoms with E-state index in [2.05, 4.69) is 10.5 Å². The molecule has 23 heavy (non-hydrogen) atoms. The highest BCUT2D eigenvalue weighted by Gasteiger charge is 2.20. The summed E-state index contributed by atoms with van der Waals surface area (Å²) in [5.41, 5.74) is 0.338. The minimum Gasteiger partial charge on any atom is -0.494 e. The number of aromatic nitrogens is 1. The van der Waals surface area contributed by atoms with E-state index in [9.17, 15) is 9.59 Å². The van der Waals surface area contributed by atoms with Crippen molar-refractivity contribution in [2.45, 2.75) is 26.9 Å². The molecule has 0 saturated heterocycles. The molecule has 7 heteroatoms. The van der Waals surface area contributed by atoms with Gasteiger partial charge >= 0.3 is 5.97 Å². The lowest BCUT2D eigenvalue weighted by Gasteiger charge is -2.12. The first-order chi connectivity index (χ1) is 11.0. The number of hydrogen-bond donors (Lipinski definition) is 1. The summed E-state index contributed by atoms with van der Waals surface area (Å²) in [5, 5.41) is 6.15. The summed E-state index contributed by atoms with van der Waals surface area (Å²) in [4.78, 5) is 23.9. The Balaban J connectivity index is 1.91. The van der Waals surface area contributed by atoms with Gasteiger partial charge in [-0.05, 0) is 45.0 Å². The average Bonchev–Trinajstić information content (AvgIpc) is 2.93. The molecule has 122 valence electrons. The third-order valence-electron chi connectivity index (χ3n) is 2.93. The average molecular weight is 318 g/mol. The second-order valence-corrected chi connectivity index (χ2v) is 4.82. The molecule has 2 rings (SSSR count). The molecule has 1 aromatic heterocycles. The maximum absolute atomic E-state index is 12.0. The molecule has 0 fully saturated rings. The van der Waals surface area contributed by atoms with Gasteiger partial charge in [-0.2, -0.15) is 0 Å². The molecule has 1 aromatic carbocycles. The summed E-state index contributed by atoms with van der Waals surface area (Å²) >= 11 is 0. The number of anilines is 1. The van der Waals surface area contributed by atoms with E-state index in [0.717, 1.165) is 0 Å². The van der Waals surface area contributed by atoms with Crippen molar-refractivity contribution in [1.82, 2.24) is 5.16 Å². The summed E-state index contributed by atoms with van der Waals surface area (Å²) < 4.78 is 15.3. The highest BCUT2D eigenvalue weighted by molar-refractivity contribution is 5.96. The van der Waals surface area contributed by atoms with Crippen LogP contribution in [0.5, 0.6) is 5.75 Å². The quantitative estimate of drug-likeness (QED) is 0.823. The van der Waals surface area contributed by atoms with Gasteiger partial charge in [0.05, 0.1) is 12.2 Å². The van der Waals surface area contributed by atoms with Crippen LogP contribution < -0.4 is 10.1 Å². The Morgan fingerprint density at radius 3 is 2.57 bits per heavy atom. The standard InChI is InChI=1S/C16H18N2O5/c1-4-21-13-7-5-12(6-8-13)16(20)22-11(3)15(19)17-14-9-10(2)23-18-14/h5-9,11H,4H2,1-3H3,(H,17,18,19)/t11-/m1/s1. The van der Waals surface area contributed by atoms with Gasteiger partial charge in [-0.25, -0.2) is 4.79 Å². The molecule has 2 aromatic rings. The maximum Gasteiger partial charge on any atom is 0.338 e. The summed E-state index contributed by atoms with van der Waals surface area (Å²) in [6.07, 6.45) is -0.967. The van der Waals surface area contributed by atoms with E-state index in [1.54, 1.807) is 37.3 Å². The first kappa shape index (κ1) is 16.5. The number of esters is 1. The zero-order chi connectivity index (χ0) is 16.8. The normalized spacial score (nSPS) is 11.6. The number of carbonyl (C=O) groups is 2. The number of rotatable bonds is 6. The molecular formula is C16H18N2O5. The molecule has 0 saturated carbocycles. The Hall–Kier alpha value is -2.83. The van der Waals surface area contributed by atoms with Crippen LogP contribution in [-0.4, -0.2) is 29.7 Å². The first-order valence-electron chi connectivity index (χ1n) is 7.17. The van der Waals surface area contributed by atoms with Gasteiger partial charge in [-0.1, -0.05) is 5.16 Å². The molecule has 0 unspecified atom stereocenters. The van der Waals surface area contributed by atoms with Crippen LogP contribution in [-0.2, 0) is 9.53 Å². The van der Waals surface area contributed by atoms with Crippen LogP contribution in [0.1, 0.15) is 30.0 Å². The lowest BCUT2D eigenvalue weighted by Crippen LogP contribution is -2.30. The van der Waals surface area contributed by atoms with E-state index in [1.807, 2.05) is 6.92 Å². The number of amides is 1. The summed E-state index contributed by atoms with van der Waals surface area (Å²) in [7, 11) is 0. The second kappa shape index (κ2) is 7.44. The number of hydrogen-bond acceptors (Lipinski definition) is 6. The van der Waals surface area contributed by atoms with Gasteiger partial charge in [0.15, 0.2) is 11.9 Å². The third-order valence-corrected chi connectivity index (χ3v) is 2.93. The Labute approximate surface area is 133 Å². The molecule has 1 amide bonds. The van der Waals surface area contributed by atoms with Gasteiger partial charge in [0.25, 0.3) is 5.91 Å². The van der Waals surface area contributed by atoms with Gasteiger partial charge in [0.2, 0.25) is 0 Å². The maximum atomic E-state index is 12.0. The van der Waals surface area contributed by atoms with E-state index in [4.69, 9.17) is 14.0 Å². The van der Waals surface area contributed by atoms with Crippen molar-refractivity contribution in [3.05, 3.63) is 41.7 Å². The summed E-state index contributed by atoms with van der Waals surface area (Å²) in [6.45, 7) is 5.61. The van der Waals surface area contributed by atoms with Gasteiger partial charge in [-0.15, -0.1) is 0 Å². The topological polar surface area (TPSA) is 90.7 Å². The first-order valence-corrected chi connectivity index (χ1v) is 7.17. The highest BCUT2D eigenvalue weighted by atomic mass is 16.5. The van der Waals surface area contributed by atoms with Crippen molar-refractivity contribution < 1.29 is 23.6 Å². The summed E-state index contributed by atoms with van der Waals surface area (Å²) in [6, 6.07) is 8.07. The zero-order valence-electron chi connectivity index (χ0n) is 13.2. The third kappa shape index (κ3) is 4.57. The monoisotopic (exact) mass is 318 g/mol. The predicted octanol–water partition coefficient (Wildman–Crippen LogP) is 2.57. The predicted molar refractivity (Wildman–Crippen MR) is 82.4 cm³/mol. The van der Waals surface area contributed by atoms with Crippen molar-refractivity contribution in [2.75, 3.05) is 11.9 Å². The van der Waals surface area contributed by atoms with Crippen molar-refractivity contribution in [3.63, 3.8) is 0 Å². The number of ether oxygens (including phenoxy) is 2. The van der Waals surface area contributed by atoms with Crippen molar-refractivity contribution in [2.24, 2.45) is 0 Å². The Morgan fingerprint density at radius 2 is 2.00 bits per heavy atom. The number of carbonyl (C=O) groups excluding carboxylic acids is 2.